The Morgan fingerprint density at radius 2 is 1.20 bits per heavy atom. The second-order valence-electron chi connectivity index (χ2n) is 16.9. The van der Waals surface area contributed by atoms with E-state index < -0.39 is 0 Å². The number of hydrogen-bond donors (Lipinski definition) is 0. The lowest BCUT2D eigenvalue weighted by atomic mass is 10.1. The maximum Gasteiger partial charge on any atom is 0.130 e. The third kappa shape index (κ3) is 39.8. The van der Waals surface area contributed by atoms with Crippen LogP contribution in [0.4, 0.5) is 0 Å². The molecule has 0 saturated carbocycles. The van der Waals surface area contributed by atoms with E-state index in [1.807, 2.05) is 89.4 Å². The van der Waals surface area contributed by atoms with Gasteiger partial charge in [-0.25, -0.2) is 24.9 Å². The number of nitrogens with zero attached hydrogens (tertiary/aromatic N) is 10. The van der Waals surface area contributed by atoms with Crippen molar-refractivity contribution in [2.75, 3.05) is 13.7 Å². The van der Waals surface area contributed by atoms with Crippen LogP contribution in [0.5, 0.6) is 0 Å². The molecule has 5 rings (SSSR count). The summed E-state index contributed by atoms with van der Waals surface area (Å²) in [7, 11) is 1.54. The molecule has 0 saturated heterocycles. The molecule has 0 atom stereocenters. The molecule has 64 heavy (non-hydrogen) atoms. The van der Waals surface area contributed by atoms with E-state index in [1.54, 1.807) is 43.4 Å². The van der Waals surface area contributed by atoms with E-state index in [1.165, 1.54) is 17.0 Å². The van der Waals surface area contributed by atoms with Crippen LogP contribution in [0.15, 0.2) is 89.1 Å². The lowest BCUT2D eigenvalue weighted by Gasteiger charge is -2.01. The largest absolute Gasteiger partial charge is 0.399 e. The number of oxime groups is 2. The highest BCUT2D eigenvalue weighted by atomic mass is 32.1. The molecular weight excluding hydrogens is 817 g/mol. The molecule has 13 heteroatoms. The molecule has 0 bridgehead atoms. The zero-order valence-corrected chi connectivity index (χ0v) is 42.8. The lowest BCUT2D eigenvalue weighted by Crippen LogP contribution is -1.95. The van der Waals surface area contributed by atoms with Crippen LogP contribution in [0, 0.1) is 37.5 Å². The molecule has 5 heterocycles. The molecule has 5 aromatic heterocycles. The van der Waals surface area contributed by atoms with Crippen LogP contribution >= 0.6 is 11.3 Å². The highest BCUT2D eigenvalue weighted by molar-refractivity contribution is 7.07. The molecule has 0 amide bonds. The van der Waals surface area contributed by atoms with Gasteiger partial charge in [0.2, 0.25) is 0 Å². The van der Waals surface area contributed by atoms with Gasteiger partial charge in [0.05, 0.1) is 22.6 Å². The quantitative estimate of drug-likeness (QED) is 0.0875. The maximum atomic E-state index is 4.71. The van der Waals surface area contributed by atoms with E-state index in [0.29, 0.717) is 42.1 Å². The van der Waals surface area contributed by atoms with Gasteiger partial charge in [-0.2, -0.15) is 0 Å². The van der Waals surface area contributed by atoms with Crippen molar-refractivity contribution in [2.45, 2.75) is 156 Å². The monoisotopic (exact) mass is 903 g/mol. The van der Waals surface area contributed by atoms with Crippen LogP contribution < -0.4 is 0 Å². The van der Waals surface area contributed by atoms with Crippen LogP contribution in [0.1, 0.15) is 169 Å². The number of hydrogen-bond acceptors (Lipinski definition) is 13. The Kier molecular flexibility index (Phi) is 40.2. The second-order valence-corrected chi connectivity index (χ2v) is 17.6. The average Bonchev–Trinajstić information content (AvgIpc) is 3.75. The maximum absolute atomic E-state index is 4.71. The Hall–Kier alpha value is -5.04. The number of rotatable bonds is 12. The van der Waals surface area contributed by atoms with Gasteiger partial charge in [0.15, 0.2) is 0 Å². The normalized spacial score (nSPS) is 10.3. The molecule has 0 aliphatic carbocycles. The summed E-state index contributed by atoms with van der Waals surface area (Å²) in [5.74, 6) is 4.77. The van der Waals surface area contributed by atoms with Gasteiger partial charge in [-0.3, -0.25) is 15.0 Å². The van der Waals surface area contributed by atoms with Crippen LogP contribution in [-0.2, 0) is 22.5 Å². The first-order chi connectivity index (χ1) is 29.8. The van der Waals surface area contributed by atoms with E-state index >= 15 is 0 Å². The Labute approximate surface area is 393 Å². The summed E-state index contributed by atoms with van der Waals surface area (Å²) in [4.78, 5) is 42.0. The Morgan fingerprint density at radius 1 is 0.625 bits per heavy atom. The Bertz CT molecular complexity index is 1720. The smallest absolute Gasteiger partial charge is 0.130 e. The van der Waals surface area contributed by atoms with Crippen molar-refractivity contribution in [3.05, 3.63) is 119 Å². The topological polar surface area (TPSA) is 146 Å². The van der Waals surface area contributed by atoms with Gasteiger partial charge in [0.1, 0.15) is 25.9 Å². The predicted octanol–water partition coefficient (Wildman–Crippen LogP) is 13.6. The number of aryl methyl sites for hydroxylation is 2. The van der Waals surface area contributed by atoms with Crippen molar-refractivity contribution in [3.63, 3.8) is 0 Å². The summed E-state index contributed by atoms with van der Waals surface area (Å²) in [6, 6.07) is 6.05. The Morgan fingerprint density at radius 3 is 1.58 bits per heavy atom. The molecule has 0 radical (unpaired) electrons. The van der Waals surface area contributed by atoms with Gasteiger partial charge in [-0.05, 0) is 92.4 Å². The van der Waals surface area contributed by atoms with Gasteiger partial charge in [0, 0.05) is 72.8 Å². The van der Waals surface area contributed by atoms with Crippen LogP contribution in [-0.4, -0.2) is 66.0 Å². The molecular formula is C51H86N10O2S. The molecule has 5 aromatic rings. The van der Waals surface area contributed by atoms with E-state index in [-0.39, 0.29) is 7.43 Å². The van der Waals surface area contributed by atoms with Crippen LogP contribution in [0.3, 0.4) is 0 Å². The fraction of sp³-hybridized carbons (Fsp3) is 0.569. The number of aromatic nitrogens is 8. The van der Waals surface area contributed by atoms with Crippen molar-refractivity contribution >= 4 is 23.8 Å². The molecule has 0 N–H and O–H groups in total. The molecule has 358 valence electrons. The Balaban J connectivity index is -0.000000679. The fourth-order valence-electron chi connectivity index (χ4n) is 4.13. The molecule has 0 fully saturated rings. The van der Waals surface area contributed by atoms with Gasteiger partial charge in [-0.1, -0.05) is 121 Å². The first kappa shape index (κ1) is 63.2. The van der Waals surface area contributed by atoms with Gasteiger partial charge in [0.25, 0.3) is 0 Å². The fourth-order valence-corrected chi connectivity index (χ4v) is 4.70. The lowest BCUT2D eigenvalue weighted by molar-refractivity contribution is 0.159. The van der Waals surface area contributed by atoms with Crippen LogP contribution in [0.25, 0.3) is 0 Å². The highest BCUT2D eigenvalue weighted by Crippen LogP contribution is 2.10. The minimum atomic E-state index is 0. The molecule has 0 aliphatic rings. The van der Waals surface area contributed by atoms with E-state index in [0.717, 1.165) is 41.5 Å². The first-order valence-electron chi connectivity index (χ1n) is 22.1. The summed E-state index contributed by atoms with van der Waals surface area (Å²) < 4.78 is 0. The predicted molar refractivity (Wildman–Crippen MR) is 273 cm³/mol. The van der Waals surface area contributed by atoms with Crippen molar-refractivity contribution in [1.29, 1.82) is 0 Å². The highest BCUT2D eigenvalue weighted by Gasteiger charge is 2.01. The third-order valence-corrected chi connectivity index (χ3v) is 8.06. The van der Waals surface area contributed by atoms with Crippen molar-refractivity contribution < 1.29 is 9.68 Å². The standard InChI is InChI=1S/C9H13N.2C8H12N2.C7H10N2.C7H11NS.C6H13NO.C5H11NO.CH4/c1-8(2)7-9-5-3-4-6-10-9;1-6(2)8-5-9-7(3)4-10-8;1-6(2)8-9-4-7(3)5-10-8;1-6(2)7-3-8-5-9-4-7;1-6(2)3-7-4-9-5-8-7;1-4-8-7-5-6(2)3;1-5(2)4-6-7-3;/h3-6,8H,7H2,1-2H3;2*4-6H,1-3H3;3-6H,1-2H3;4-6H,3H2,1-2H3;5-6H,4H2,1-3H3;4-5H,1-3H3;1H4. The van der Waals surface area contributed by atoms with E-state index in [9.17, 15) is 0 Å². The zero-order chi connectivity index (χ0) is 48.0. The number of thiazole rings is 1. The van der Waals surface area contributed by atoms with Crippen molar-refractivity contribution in [3.8, 4) is 0 Å². The summed E-state index contributed by atoms with van der Waals surface area (Å²) >= 11 is 1.67. The minimum Gasteiger partial charge on any atom is -0.399 e. The summed E-state index contributed by atoms with van der Waals surface area (Å²) in [6.07, 6.45) is 20.1. The van der Waals surface area contributed by atoms with Crippen molar-refractivity contribution in [1.82, 2.24) is 39.9 Å². The van der Waals surface area contributed by atoms with E-state index in [2.05, 4.69) is 150 Å². The van der Waals surface area contributed by atoms with Gasteiger partial charge in [-0.15, -0.1) is 11.3 Å². The third-order valence-electron chi connectivity index (χ3n) is 7.43. The molecule has 0 unspecified atom stereocenters. The van der Waals surface area contributed by atoms with Gasteiger partial charge < -0.3 is 9.68 Å². The molecule has 12 nitrogen and oxygen atoms in total. The van der Waals surface area contributed by atoms with E-state index in [4.69, 9.17) is 4.84 Å². The first-order valence-corrected chi connectivity index (χ1v) is 23.1. The average molecular weight is 903 g/mol. The van der Waals surface area contributed by atoms with Gasteiger partial charge >= 0.3 is 0 Å². The van der Waals surface area contributed by atoms with Crippen molar-refractivity contribution in [2.24, 2.45) is 34.0 Å². The summed E-state index contributed by atoms with van der Waals surface area (Å²) in [6.45, 7) is 36.2. The summed E-state index contributed by atoms with van der Waals surface area (Å²) in [5, 5.41) is 9.32. The van der Waals surface area contributed by atoms with Crippen LogP contribution in [0.2, 0.25) is 0 Å². The zero-order valence-electron chi connectivity index (χ0n) is 42.0. The molecule has 0 aliphatic heterocycles. The number of pyridine rings is 1. The second kappa shape index (κ2) is 40.7. The summed E-state index contributed by atoms with van der Waals surface area (Å²) in [5.41, 5.74) is 8.65. The SMILES string of the molecule is C.CC(C)Cc1ccccn1.CC(C)Cc1cscn1.CC(C)c1cncnc1.CCON=CC(C)C.CON=CC(C)C.Cc1cnc(C(C)C)cn1.Cc1cnc(C(C)C)nc1. The minimum absolute atomic E-state index is 0. The molecule has 0 aromatic carbocycles. The molecule has 0 spiro atoms.